The minimum absolute atomic E-state index is 0.289. The standard InChI is InChI=1S/C14H25NO3/c1-6-8-9-10-11-18-13(17)14(3,4)15(5)12(16)7-2/h7H,2,6,8-11H2,1,3-5H3. The highest BCUT2D eigenvalue weighted by molar-refractivity contribution is 5.92. The van der Waals surface area contributed by atoms with E-state index in [1.54, 1.807) is 20.9 Å². The summed E-state index contributed by atoms with van der Waals surface area (Å²) >= 11 is 0. The van der Waals surface area contributed by atoms with E-state index in [0.717, 1.165) is 25.7 Å². The number of carbonyl (C=O) groups is 2. The summed E-state index contributed by atoms with van der Waals surface area (Å²) in [4.78, 5) is 24.7. The molecule has 4 heteroatoms. The molecule has 0 N–H and O–H groups in total. The third-order valence-corrected chi connectivity index (χ3v) is 3.07. The fourth-order valence-electron chi connectivity index (χ4n) is 1.42. The Labute approximate surface area is 110 Å². The van der Waals surface area contributed by atoms with Gasteiger partial charge in [-0.1, -0.05) is 32.8 Å². The van der Waals surface area contributed by atoms with Crippen LogP contribution in [0.1, 0.15) is 46.5 Å². The molecule has 0 atom stereocenters. The van der Waals surface area contributed by atoms with Crippen LogP contribution in [0.25, 0.3) is 0 Å². The largest absolute Gasteiger partial charge is 0.464 e. The van der Waals surface area contributed by atoms with E-state index in [1.807, 2.05) is 0 Å². The van der Waals surface area contributed by atoms with Gasteiger partial charge in [0, 0.05) is 7.05 Å². The summed E-state index contributed by atoms with van der Waals surface area (Å²) < 4.78 is 5.20. The molecule has 104 valence electrons. The lowest BCUT2D eigenvalue weighted by molar-refractivity contribution is -0.159. The Kier molecular flexibility index (Phi) is 7.32. The van der Waals surface area contributed by atoms with Gasteiger partial charge < -0.3 is 9.64 Å². The van der Waals surface area contributed by atoms with Gasteiger partial charge >= 0.3 is 5.97 Å². The van der Waals surface area contributed by atoms with E-state index in [9.17, 15) is 9.59 Å². The van der Waals surface area contributed by atoms with Crippen molar-refractivity contribution >= 4 is 11.9 Å². The molecule has 0 aliphatic heterocycles. The predicted molar refractivity (Wildman–Crippen MR) is 72.1 cm³/mol. The highest BCUT2D eigenvalue weighted by Gasteiger charge is 2.35. The number of esters is 1. The van der Waals surface area contributed by atoms with Gasteiger partial charge in [-0.2, -0.15) is 0 Å². The van der Waals surface area contributed by atoms with Crippen LogP contribution >= 0.6 is 0 Å². The van der Waals surface area contributed by atoms with E-state index in [2.05, 4.69) is 13.5 Å². The molecule has 0 saturated heterocycles. The molecule has 0 aliphatic carbocycles. The number of carbonyl (C=O) groups excluding carboxylic acids is 2. The average molecular weight is 255 g/mol. The molecule has 0 bridgehead atoms. The van der Waals surface area contributed by atoms with Gasteiger partial charge in [0.1, 0.15) is 5.54 Å². The van der Waals surface area contributed by atoms with Gasteiger partial charge in [0.25, 0.3) is 0 Å². The van der Waals surface area contributed by atoms with Crippen LogP contribution < -0.4 is 0 Å². The number of hydrogen-bond acceptors (Lipinski definition) is 3. The second-order valence-corrected chi connectivity index (χ2v) is 4.86. The van der Waals surface area contributed by atoms with Crippen LogP contribution in [0.2, 0.25) is 0 Å². The Morgan fingerprint density at radius 1 is 1.28 bits per heavy atom. The molecule has 0 aromatic rings. The number of amides is 1. The maximum atomic E-state index is 11.9. The summed E-state index contributed by atoms with van der Waals surface area (Å²) in [5.41, 5.74) is -0.962. The molecule has 0 aromatic carbocycles. The Bertz CT molecular complexity index is 297. The fraction of sp³-hybridized carbons (Fsp3) is 0.714. The molecule has 4 nitrogen and oxygen atoms in total. The van der Waals surface area contributed by atoms with Gasteiger partial charge in [-0.05, 0) is 26.3 Å². The quantitative estimate of drug-likeness (QED) is 0.380. The van der Waals surface area contributed by atoms with E-state index in [1.165, 1.54) is 11.0 Å². The zero-order valence-electron chi connectivity index (χ0n) is 12.0. The van der Waals surface area contributed by atoms with Crippen LogP contribution in [0.3, 0.4) is 0 Å². The molecule has 0 unspecified atom stereocenters. The highest BCUT2D eigenvalue weighted by Crippen LogP contribution is 2.15. The van der Waals surface area contributed by atoms with E-state index in [0.29, 0.717) is 6.61 Å². The van der Waals surface area contributed by atoms with Crippen molar-refractivity contribution in [1.82, 2.24) is 4.90 Å². The molecule has 0 aliphatic rings. The Balaban J connectivity index is 4.21. The van der Waals surface area contributed by atoms with Crippen molar-refractivity contribution in [1.29, 1.82) is 0 Å². The number of nitrogens with zero attached hydrogens (tertiary/aromatic N) is 1. The van der Waals surface area contributed by atoms with E-state index in [4.69, 9.17) is 4.74 Å². The first kappa shape index (κ1) is 16.7. The van der Waals surface area contributed by atoms with Crippen LogP contribution in [0.5, 0.6) is 0 Å². The van der Waals surface area contributed by atoms with Crippen molar-refractivity contribution in [2.45, 2.75) is 52.0 Å². The summed E-state index contributed by atoms with van der Waals surface area (Å²) in [5.74, 6) is -0.667. The Morgan fingerprint density at radius 3 is 2.39 bits per heavy atom. The molecule has 0 aromatic heterocycles. The average Bonchev–Trinajstić information content (AvgIpc) is 2.36. The lowest BCUT2D eigenvalue weighted by Crippen LogP contribution is -2.51. The maximum Gasteiger partial charge on any atom is 0.331 e. The molecule has 0 saturated carbocycles. The summed E-state index contributed by atoms with van der Waals surface area (Å²) in [5, 5.41) is 0. The van der Waals surface area contributed by atoms with Gasteiger partial charge in [-0.25, -0.2) is 4.79 Å². The third kappa shape index (κ3) is 4.90. The SMILES string of the molecule is C=CC(=O)N(C)C(C)(C)C(=O)OCCCCCC. The normalized spacial score (nSPS) is 10.9. The summed E-state index contributed by atoms with van der Waals surface area (Å²) in [6.07, 6.45) is 5.42. The van der Waals surface area contributed by atoms with Crippen LogP contribution in [-0.2, 0) is 14.3 Å². The zero-order valence-corrected chi connectivity index (χ0v) is 12.0. The van der Waals surface area contributed by atoms with Gasteiger partial charge in [0.05, 0.1) is 6.61 Å². The number of ether oxygens (including phenoxy) is 1. The van der Waals surface area contributed by atoms with Crippen LogP contribution in [0.4, 0.5) is 0 Å². The van der Waals surface area contributed by atoms with E-state index >= 15 is 0 Å². The van der Waals surface area contributed by atoms with Crippen molar-refractivity contribution in [3.8, 4) is 0 Å². The van der Waals surface area contributed by atoms with Crippen molar-refractivity contribution in [2.24, 2.45) is 0 Å². The fourth-order valence-corrected chi connectivity index (χ4v) is 1.42. The van der Waals surface area contributed by atoms with Crippen molar-refractivity contribution in [3.63, 3.8) is 0 Å². The number of hydrogen-bond donors (Lipinski definition) is 0. The molecule has 0 rings (SSSR count). The van der Waals surface area contributed by atoms with E-state index < -0.39 is 5.54 Å². The highest BCUT2D eigenvalue weighted by atomic mass is 16.5. The monoisotopic (exact) mass is 255 g/mol. The summed E-state index contributed by atoms with van der Waals surface area (Å²) in [6.45, 7) is 9.29. The van der Waals surface area contributed by atoms with Gasteiger partial charge in [0.15, 0.2) is 0 Å². The molecular weight excluding hydrogens is 230 g/mol. The van der Waals surface area contributed by atoms with Gasteiger partial charge in [0.2, 0.25) is 5.91 Å². The first-order valence-electron chi connectivity index (χ1n) is 6.45. The maximum absolute atomic E-state index is 11.9. The van der Waals surface area contributed by atoms with Crippen LogP contribution in [0, 0.1) is 0 Å². The van der Waals surface area contributed by atoms with Gasteiger partial charge in [-0.15, -0.1) is 0 Å². The summed E-state index contributed by atoms with van der Waals surface area (Å²) in [6, 6.07) is 0. The van der Waals surface area contributed by atoms with Gasteiger partial charge in [-0.3, -0.25) is 4.79 Å². The van der Waals surface area contributed by atoms with Crippen molar-refractivity contribution in [2.75, 3.05) is 13.7 Å². The second kappa shape index (κ2) is 7.90. The lowest BCUT2D eigenvalue weighted by Gasteiger charge is -2.32. The van der Waals surface area contributed by atoms with Crippen molar-refractivity contribution < 1.29 is 14.3 Å². The molecule has 0 radical (unpaired) electrons. The number of rotatable bonds is 8. The van der Waals surface area contributed by atoms with E-state index in [-0.39, 0.29) is 11.9 Å². The topological polar surface area (TPSA) is 46.6 Å². The smallest absolute Gasteiger partial charge is 0.331 e. The molecule has 0 spiro atoms. The zero-order chi connectivity index (χ0) is 14.2. The summed E-state index contributed by atoms with van der Waals surface area (Å²) in [7, 11) is 1.57. The molecule has 0 fully saturated rings. The predicted octanol–water partition coefficient (Wildman–Crippen LogP) is 2.53. The number of unbranched alkanes of at least 4 members (excludes halogenated alkanes) is 3. The first-order valence-corrected chi connectivity index (χ1v) is 6.45. The molecule has 18 heavy (non-hydrogen) atoms. The number of likely N-dealkylation sites (N-methyl/N-ethyl adjacent to an activating group) is 1. The minimum atomic E-state index is -0.962. The van der Waals surface area contributed by atoms with Crippen LogP contribution in [0.15, 0.2) is 12.7 Å². The molecular formula is C14H25NO3. The first-order chi connectivity index (χ1) is 8.37. The minimum Gasteiger partial charge on any atom is -0.464 e. The third-order valence-electron chi connectivity index (χ3n) is 3.07. The second-order valence-electron chi connectivity index (χ2n) is 4.86. The lowest BCUT2D eigenvalue weighted by atomic mass is 10.0. The van der Waals surface area contributed by atoms with Crippen molar-refractivity contribution in [3.05, 3.63) is 12.7 Å². The Morgan fingerprint density at radius 2 is 1.89 bits per heavy atom. The molecule has 1 amide bonds. The van der Waals surface area contributed by atoms with Crippen LogP contribution in [-0.4, -0.2) is 36.0 Å². The molecule has 0 heterocycles. The Hall–Kier alpha value is -1.32.